The Kier molecular flexibility index (Phi) is 6.55. The Hall–Kier alpha value is -1.01. The second-order valence-corrected chi connectivity index (χ2v) is 6.80. The van der Waals surface area contributed by atoms with Crippen LogP contribution in [0.2, 0.25) is 0 Å². The van der Waals surface area contributed by atoms with Gasteiger partial charge in [0.25, 0.3) is 0 Å². The van der Waals surface area contributed by atoms with E-state index in [2.05, 4.69) is 28.5 Å². The van der Waals surface area contributed by atoms with Crippen LogP contribution in [0.1, 0.15) is 20.8 Å². The van der Waals surface area contributed by atoms with E-state index in [0.717, 1.165) is 18.9 Å². The van der Waals surface area contributed by atoms with Gasteiger partial charge < -0.3 is 4.90 Å². The van der Waals surface area contributed by atoms with E-state index < -0.39 is 10.0 Å². The van der Waals surface area contributed by atoms with Gasteiger partial charge in [-0.1, -0.05) is 6.92 Å². The standard InChI is InChI=1S/C13H22ClN3O2S/c1-4-17(5-2)13-7-6-12(9-15-13)16-20(18,19)10-11(3)8-14/h6-7,9,11,16H,4-5,8,10H2,1-3H3. The van der Waals surface area contributed by atoms with E-state index in [-0.39, 0.29) is 11.7 Å². The molecule has 0 saturated carbocycles. The highest BCUT2D eigenvalue weighted by atomic mass is 35.5. The maximum atomic E-state index is 11.9. The van der Waals surface area contributed by atoms with Crippen LogP contribution in [0.3, 0.4) is 0 Å². The van der Waals surface area contributed by atoms with Gasteiger partial charge in [-0.05, 0) is 31.9 Å². The van der Waals surface area contributed by atoms with Crippen molar-refractivity contribution in [3.8, 4) is 0 Å². The fraction of sp³-hybridized carbons (Fsp3) is 0.615. The molecule has 0 fully saturated rings. The van der Waals surface area contributed by atoms with Gasteiger partial charge in [-0.2, -0.15) is 0 Å². The predicted molar refractivity (Wildman–Crippen MR) is 85.1 cm³/mol. The molecule has 1 unspecified atom stereocenters. The lowest BCUT2D eigenvalue weighted by atomic mass is 10.3. The fourth-order valence-corrected chi connectivity index (χ4v) is 3.49. The summed E-state index contributed by atoms with van der Waals surface area (Å²) in [5.41, 5.74) is 0.475. The van der Waals surface area contributed by atoms with Gasteiger partial charge in [0.05, 0.1) is 17.6 Å². The third-order valence-corrected chi connectivity index (χ3v) is 4.96. The Morgan fingerprint density at radius 2 is 2.00 bits per heavy atom. The minimum Gasteiger partial charge on any atom is -0.357 e. The molecule has 0 aromatic carbocycles. The zero-order valence-electron chi connectivity index (χ0n) is 12.1. The highest BCUT2D eigenvalue weighted by molar-refractivity contribution is 7.92. The molecule has 0 bridgehead atoms. The number of pyridine rings is 1. The first kappa shape index (κ1) is 17.0. The molecule has 1 rings (SSSR count). The molecular weight excluding hydrogens is 298 g/mol. The van der Waals surface area contributed by atoms with Gasteiger partial charge >= 0.3 is 0 Å². The van der Waals surface area contributed by atoms with Crippen LogP contribution in [-0.4, -0.2) is 38.1 Å². The van der Waals surface area contributed by atoms with Crippen molar-refractivity contribution in [1.29, 1.82) is 0 Å². The lowest BCUT2D eigenvalue weighted by Crippen LogP contribution is -2.24. The number of alkyl halides is 1. The van der Waals surface area contributed by atoms with E-state index >= 15 is 0 Å². The molecule has 1 atom stereocenters. The van der Waals surface area contributed by atoms with E-state index in [0.29, 0.717) is 11.6 Å². The number of halogens is 1. The van der Waals surface area contributed by atoms with E-state index in [1.54, 1.807) is 13.0 Å². The molecule has 1 N–H and O–H groups in total. The van der Waals surface area contributed by atoms with Crippen molar-refractivity contribution in [3.63, 3.8) is 0 Å². The van der Waals surface area contributed by atoms with Gasteiger partial charge in [0.2, 0.25) is 10.0 Å². The quantitative estimate of drug-likeness (QED) is 0.748. The van der Waals surface area contributed by atoms with E-state index in [1.807, 2.05) is 6.07 Å². The van der Waals surface area contributed by atoms with Crippen molar-refractivity contribution in [2.75, 3.05) is 34.3 Å². The number of anilines is 2. The number of hydrogen-bond acceptors (Lipinski definition) is 4. The predicted octanol–water partition coefficient (Wildman–Crippen LogP) is 2.54. The van der Waals surface area contributed by atoms with Crippen LogP contribution in [0.5, 0.6) is 0 Å². The lowest BCUT2D eigenvalue weighted by Gasteiger charge is -2.19. The van der Waals surface area contributed by atoms with Gasteiger partial charge in [-0.3, -0.25) is 4.72 Å². The first-order valence-electron chi connectivity index (χ1n) is 6.69. The second-order valence-electron chi connectivity index (χ2n) is 4.72. The minimum atomic E-state index is -3.38. The first-order valence-corrected chi connectivity index (χ1v) is 8.88. The summed E-state index contributed by atoms with van der Waals surface area (Å²) in [4.78, 5) is 6.37. The Morgan fingerprint density at radius 3 is 2.45 bits per heavy atom. The molecule has 7 heteroatoms. The van der Waals surface area contributed by atoms with E-state index in [9.17, 15) is 8.42 Å². The number of nitrogens with one attached hydrogen (secondary N) is 1. The van der Waals surface area contributed by atoms with Crippen molar-refractivity contribution < 1.29 is 8.42 Å². The maximum absolute atomic E-state index is 11.9. The molecule has 114 valence electrons. The molecule has 0 saturated heterocycles. The van der Waals surface area contributed by atoms with E-state index in [1.165, 1.54) is 6.20 Å². The van der Waals surface area contributed by atoms with Gasteiger partial charge in [0.1, 0.15) is 5.82 Å². The van der Waals surface area contributed by atoms with Crippen molar-refractivity contribution in [2.45, 2.75) is 20.8 Å². The molecule has 1 aromatic heterocycles. The Balaban J connectivity index is 2.75. The zero-order valence-corrected chi connectivity index (χ0v) is 13.7. The Bertz CT molecular complexity index is 501. The van der Waals surface area contributed by atoms with Crippen LogP contribution in [0.15, 0.2) is 18.3 Å². The molecule has 5 nitrogen and oxygen atoms in total. The van der Waals surface area contributed by atoms with Crippen molar-refractivity contribution in [2.24, 2.45) is 5.92 Å². The van der Waals surface area contributed by atoms with Gasteiger partial charge in [-0.15, -0.1) is 11.6 Å². The topological polar surface area (TPSA) is 62.3 Å². The molecule has 1 heterocycles. The average Bonchev–Trinajstić information content (AvgIpc) is 2.41. The summed E-state index contributed by atoms with van der Waals surface area (Å²) in [6.45, 7) is 7.63. The number of nitrogens with zero attached hydrogens (tertiary/aromatic N) is 2. The smallest absolute Gasteiger partial charge is 0.233 e. The Morgan fingerprint density at radius 1 is 1.35 bits per heavy atom. The van der Waals surface area contributed by atoms with Crippen LogP contribution in [-0.2, 0) is 10.0 Å². The molecule has 0 spiro atoms. The molecule has 0 amide bonds. The molecule has 20 heavy (non-hydrogen) atoms. The third-order valence-electron chi connectivity index (χ3n) is 2.88. The summed E-state index contributed by atoms with van der Waals surface area (Å²) >= 11 is 5.64. The van der Waals surface area contributed by atoms with E-state index in [4.69, 9.17) is 11.6 Å². The summed E-state index contributed by atoms with van der Waals surface area (Å²) in [6, 6.07) is 3.54. The first-order chi connectivity index (χ1) is 9.41. The second kappa shape index (κ2) is 7.69. The summed E-state index contributed by atoms with van der Waals surface area (Å²) < 4.78 is 26.3. The zero-order chi connectivity index (χ0) is 15.2. The average molecular weight is 320 g/mol. The largest absolute Gasteiger partial charge is 0.357 e. The highest BCUT2D eigenvalue weighted by Crippen LogP contribution is 2.15. The normalized spacial score (nSPS) is 13.0. The Labute approximate surface area is 126 Å². The maximum Gasteiger partial charge on any atom is 0.233 e. The molecule has 0 aliphatic rings. The highest BCUT2D eigenvalue weighted by Gasteiger charge is 2.15. The number of hydrogen-bond donors (Lipinski definition) is 1. The summed E-state index contributed by atoms with van der Waals surface area (Å²) in [5.74, 6) is 1.08. The molecule has 0 aliphatic heterocycles. The van der Waals surface area contributed by atoms with Crippen molar-refractivity contribution >= 4 is 33.1 Å². The summed E-state index contributed by atoms with van der Waals surface area (Å²) in [6.07, 6.45) is 1.54. The lowest BCUT2D eigenvalue weighted by molar-refractivity contribution is 0.588. The van der Waals surface area contributed by atoms with Crippen LogP contribution in [0.25, 0.3) is 0 Å². The molecule has 0 radical (unpaired) electrons. The third kappa shape index (κ3) is 5.17. The molecular formula is C13H22ClN3O2S. The fourth-order valence-electron chi connectivity index (χ4n) is 1.82. The number of sulfonamides is 1. The monoisotopic (exact) mass is 319 g/mol. The minimum absolute atomic E-state index is 0.00823. The molecule has 0 aliphatic carbocycles. The number of rotatable bonds is 8. The van der Waals surface area contributed by atoms with Gasteiger partial charge in [0, 0.05) is 19.0 Å². The van der Waals surface area contributed by atoms with Crippen LogP contribution >= 0.6 is 11.6 Å². The van der Waals surface area contributed by atoms with Crippen LogP contribution in [0.4, 0.5) is 11.5 Å². The van der Waals surface area contributed by atoms with Crippen molar-refractivity contribution in [1.82, 2.24) is 4.98 Å². The van der Waals surface area contributed by atoms with Crippen molar-refractivity contribution in [3.05, 3.63) is 18.3 Å². The number of aromatic nitrogens is 1. The van der Waals surface area contributed by atoms with Gasteiger partial charge in [-0.25, -0.2) is 13.4 Å². The molecule has 1 aromatic rings. The SMILES string of the molecule is CCN(CC)c1ccc(NS(=O)(=O)CC(C)CCl)cn1. The van der Waals surface area contributed by atoms with Crippen LogP contribution < -0.4 is 9.62 Å². The summed E-state index contributed by atoms with van der Waals surface area (Å²) in [5, 5.41) is 0. The van der Waals surface area contributed by atoms with Gasteiger partial charge in [0.15, 0.2) is 0 Å². The van der Waals surface area contributed by atoms with Crippen LogP contribution in [0, 0.1) is 5.92 Å². The summed E-state index contributed by atoms with van der Waals surface area (Å²) in [7, 11) is -3.38.